The minimum absolute atomic E-state index is 0.0765. The van der Waals surface area contributed by atoms with Crippen LogP contribution in [0.3, 0.4) is 0 Å². The van der Waals surface area contributed by atoms with Crippen molar-refractivity contribution >= 4 is 11.9 Å². The van der Waals surface area contributed by atoms with E-state index in [0.717, 1.165) is 0 Å². The maximum absolute atomic E-state index is 11.3. The first-order chi connectivity index (χ1) is 7.56. The van der Waals surface area contributed by atoms with Crippen molar-refractivity contribution in [2.75, 3.05) is 6.61 Å². The van der Waals surface area contributed by atoms with Gasteiger partial charge in [-0.1, -0.05) is 12.0 Å². The lowest BCUT2D eigenvalue weighted by atomic mass is 9.83. The molecule has 1 saturated heterocycles. The van der Waals surface area contributed by atoms with Gasteiger partial charge in [0.25, 0.3) is 0 Å². The Hall–Kier alpha value is -1.75. The first kappa shape index (κ1) is 12.3. The van der Waals surface area contributed by atoms with Gasteiger partial charge in [0.15, 0.2) is 0 Å². The quantitative estimate of drug-likeness (QED) is 0.246. The highest BCUT2D eigenvalue weighted by atomic mass is 16.5. The third-order valence-corrected chi connectivity index (χ3v) is 2.55. The number of nitrogens with one attached hydrogen (secondary N) is 1. The summed E-state index contributed by atoms with van der Waals surface area (Å²) in [5.74, 6) is -0.774. The van der Waals surface area contributed by atoms with Gasteiger partial charge in [-0.15, -0.1) is 0 Å². The molecule has 1 aliphatic rings. The third kappa shape index (κ3) is 2.87. The van der Waals surface area contributed by atoms with Gasteiger partial charge in [-0.25, -0.2) is 0 Å². The van der Waals surface area contributed by atoms with E-state index in [1.54, 1.807) is 6.92 Å². The molecular weight excluding hydrogens is 212 g/mol. The van der Waals surface area contributed by atoms with Crippen LogP contribution in [0.25, 0.3) is 10.4 Å². The molecule has 0 bridgehead atoms. The van der Waals surface area contributed by atoms with Crippen LogP contribution in [0.4, 0.5) is 0 Å². The molecule has 0 aromatic rings. The second-order valence-corrected chi connectivity index (χ2v) is 3.72. The van der Waals surface area contributed by atoms with Crippen LogP contribution in [-0.4, -0.2) is 30.6 Å². The van der Waals surface area contributed by atoms with Crippen molar-refractivity contribution in [3.8, 4) is 0 Å². The maximum atomic E-state index is 11.3. The lowest BCUT2D eigenvalue weighted by molar-refractivity contribution is -0.142. The van der Waals surface area contributed by atoms with E-state index in [-0.39, 0.29) is 36.5 Å². The second-order valence-electron chi connectivity index (χ2n) is 3.72. The molecule has 1 aliphatic heterocycles. The number of carbonyl (C=O) groups is 2. The summed E-state index contributed by atoms with van der Waals surface area (Å²) in [6.45, 7) is 3.29. The first-order valence-corrected chi connectivity index (χ1v) is 5.04. The van der Waals surface area contributed by atoms with E-state index in [2.05, 4.69) is 15.3 Å². The molecule has 7 nitrogen and oxygen atoms in total. The van der Waals surface area contributed by atoms with Crippen LogP contribution >= 0.6 is 0 Å². The largest absolute Gasteiger partial charge is 0.466 e. The topological polar surface area (TPSA) is 104 Å². The molecule has 1 N–H and O–H groups in total. The fourth-order valence-electron chi connectivity index (χ4n) is 1.75. The average molecular weight is 226 g/mol. The number of carbonyl (C=O) groups excluding carboxylic acids is 2. The highest BCUT2D eigenvalue weighted by Gasteiger charge is 2.42. The number of azide groups is 1. The van der Waals surface area contributed by atoms with Gasteiger partial charge in [0.05, 0.1) is 12.5 Å². The zero-order valence-electron chi connectivity index (χ0n) is 9.21. The van der Waals surface area contributed by atoms with E-state index in [0.29, 0.717) is 6.42 Å². The van der Waals surface area contributed by atoms with Gasteiger partial charge in [-0.3, -0.25) is 9.59 Å². The molecule has 1 fully saturated rings. The summed E-state index contributed by atoms with van der Waals surface area (Å²) in [6, 6.07) is -0.451. The molecule has 0 spiro atoms. The van der Waals surface area contributed by atoms with Crippen LogP contribution < -0.4 is 5.32 Å². The Morgan fingerprint density at radius 1 is 1.75 bits per heavy atom. The Morgan fingerprint density at radius 2 is 2.44 bits per heavy atom. The van der Waals surface area contributed by atoms with E-state index in [4.69, 9.17) is 10.3 Å². The molecule has 16 heavy (non-hydrogen) atoms. The number of esters is 1. The molecule has 1 rings (SSSR count). The number of β-lactam (4-membered cyclic amide) rings is 1. The van der Waals surface area contributed by atoms with Crippen LogP contribution in [-0.2, 0) is 14.3 Å². The number of hydrogen-bond acceptors (Lipinski definition) is 4. The summed E-state index contributed by atoms with van der Waals surface area (Å²) in [6.07, 6.45) is 0.543. The maximum Gasteiger partial charge on any atom is 0.302 e. The molecule has 0 radical (unpaired) electrons. The van der Waals surface area contributed by atoms with Crippen molar-refractivity contribution in [1.29, 1.82) is 0 Å². The molecule has 1 heterocycles. The summed E-state index contributed by atoms with van der Waals surface area (Å²) >= 11 is 0. The van der Waals surface area contributed by atoms with Gasteiger partial charge in [0, 0.05) is 30.3 Å². The van der Waals surface area contributed by atoms with E-state index < -0.39 is 0 Å². The number of ether oxygens (including phenoxy) is 1. The van der Waals surface area contributed by atoms with Crippen LogP contribution in [0.5, 0.6) is 0 Å². The zero-order chi connectivity index (χ0) is 12.1. The lowest BCUT2D eigenvalue weighted by Gasteiger charge is -2.38. The van der Waals surface area contributed by atoms with Crippen molar-refractivity contribution in [3.05, 3.63) is 10.4 Å². The average Bonchev–Trinajstić information content (AvgIpc) is 2.15. The van der Waals surface area contributed by atoms with Crippen molar-refractivity contribution in [2.45, 2.75) is 32.4 Å². The monoisotopic (exact) mass is 226 g/mol. The molecule has 1 unspecified atom stereocenters. The summed E-state index contributed by atoms with van der Waals surface area (Å²) in [5.41, 5.74) is 8.28. The molecule has 7 heteroatoms. The predicted molar refractivity (Wildman–Crippen MR) is 55.3 cm³/mol. The Bertz CT molecular complexity index is 338. The number of amides is 1. The first-order valence-electron chi connectivity index (χ1n) is 5.04. The summed E-state index contributed by atoms with van der Waals surface area (Å²) in [5, 5.41) is 6.19. The van der Waals surface area contributed by atoms with Gasteiger partial charge in [-0.2, -0.15) is 0 Å². The molecular formula is C9H14N4O3. The van der Waals surface area contributed by atoms with Crippen LogP contribution in [0, 0.1) is 5.92 Å². The van der Waals surface area contributed by atoms with Gasteiger partial charge < -0.3 is 10.1 Å². The Kier molecular flexibility index (Phi) is 4.13. The standard InChI is InChI=1S/C9H14N4O3/c1-5(12-13-10)8-7(11-9(8)15)3-4-16-6(2)14/h5,7-8H,3-4H2,1-2H3,(H,11,15)/t5?,7-,8-/m1/s1. The zero-order valence-corrected chi connectivity index (χ0v) is 9.21. The van der Waals surface area contributed by atoms with Crippen LogP contribution in [0.2, 0.25) is 0 Å². The molecule has 0 aromatic carbocycles. The Morgan fingerprint density at radius 3 is 2.94 bits per heavy atom. The number of hydrogen-bond donors (Lipinski definition) is 1. The minimum atomic E-state index is -0.374. The fraction of sp³-hybridized carbons (Fsp3) is 0.778. The molecule has 0 aromatic heterocycles. The third-order valence-electron chi connectivity index (χ3n) is 2.55. The smallest absolute Gasteiger partial charge is 0.302 e. The van der Waals surface area contributed by atoms with Gasteiger partial charge in [0.1, 0.15) is 0 Å². The molecule has 0 saturated carbocycles. The van der Waals surface area contributed by atoms with E-state index in [1.807, 2.05) is 0 Å². The molecule has 1 amide bonds. The molecule has 0 aliphatic carbocycles. The van der Waals surface area contributed by atoms with E-state index in [1.165, 1.54) is 6.92 Å². The fourth-order valence-corrected chi connectivity index (χ4v) is 1.75. The highest BCUT2D eigenvalue weighted by Crippen LogP contribution is 2.24. The van der Waals surface area contributed by atoms with Gasteiger partial charge in [0.2, 0.25) is 5.91 Å². The minimum Gasteiger partial charge on any atom is -0.466 e. The van der Waals surface area contributed by atoms with Crippen molar-refractivity contribution < 1.29 is 14.3 Å². The summed E-state index contributed by atoms with van der Waals surface area (Å²) in [7, 11) is 0. The van der Waals surface area contributed by atoms with Gasteiger partial charge >= 0.3 is 5.97 Å². The number of rotatable bonds is 5. The second kappa shape index (κ2) is 5.37. The van der Waals surface area contributed by atoms with Crippen molar-refractivity contribution in [3.63, 3.8) is 0 Å². The Labute approximate surface area is 92.8 Å². The van der Waals surface area contributed by atoms with E-state index in [9.17, 15) is 9.59 Å². The highest BCUT2D eigenvalue weighted by molar-refractivity contribution is 5.86. The van der Waals surface area contributed by atoms with Crippen LogP contribution in [0.1, 0.15) is 20.3 Å². The predicted octanol–water partition coefficient (Wildman–Crippen LogP) is 0.753. The SMILES string of the molecule is CC(=O)OCC[C@H]1NC(=O)[C@@H]1C(C)N=[N+]=[N-]. The van der Waals surface area contributed by atoms with E-state index >= 15 is 0 Å². The summed E-state index contributed by atoms with van der Waals surface area (Å²) in [4.78, 5) is 24.5. The molecule has 3 atom stereocenters. The van der Waals surface area contributed by atoms with Crippen molar-refractivity contribution in [2.24, 2.45) is 11.0 Å². The lowest BCUT2D eigenvalue weighted by Crippen LogP contribution is -2.61. The molecule has 88 valence electrons. The number of nitrogens with zero attached hydrogens (tertiary/aromatic N) is 3. The normalized spacial score (nSPS) is 24.8. The van der Waals surface area contributed by atoms with Crippen molar-refractivity contribution in [1.82, 2.24) is 5.32 Å². The summed E-state index contributed by atoms with van der Waals surface area (Å²) < 4.78 is 4.78. The van der Waals surface area contributed by atoms with Gasteiger partial charge in [-0.05, 0) is 5.53 Å². The van der Waals surface area contributed by atoms with Crippen LogP contribution in [0.15, 0.2) is 5.11 Å². The Balaban J connectivity index is 2.41.